The van der Waals surface area contributed by atoms with E-state index in [0.717, 1.165) is 23.0 Å². The molecule has 0 amide bonds. The lowest BCUT2D eigenvalue weighted by atomic mass is 10.2. The van der Waals surface area contributed by atoms with Gasteiger partial charge in [0.15, 0.2) is 0 Å². The first-order valence-corrected chi connectivity index (χ1v) is 13.2. The number of ether oxygens (including phenoxy) is 4. The first kappa shape index (κ1) is 26.2. The molecule has 0 heterocycles. The van der Waals surface area contributed by atoms with Gasteiger partial charge in [0.1, 0.15) is 6.79 Å². The highest BCUT2D eigenvalue weighted by Gasteiger charge is 2.14. The van der Waals surface area contributed by atoms with Gasteiger partial charge in [0, 0.05) is 11.5 Å². The van der Waals surface area contributed by atoms with Crippen LogP contribution in [0.3, 0.4) is 0 Å². The maximum absolute atomic E-state index is 6.02. The third kappa shape index (κ3) is 12.6. The maximum Gasteiger partial charge on any atom is 0.147 e. The summed E-state index contributed by atoms with van der Waals surface area (Å²) in [6.07, 6.45) is 0.0248. The Kier molecular flexibility index (Phi) is 14.8. The van der Waals surface area contributed by atoms with Crippen molar-refractivity contribution in [1.82, 2.24) is 0 Å². The number of rotatable bonds is 18. The average Bonchev–Trinajstić information content (AvgIpc) is 2.81. The molecule has 0 bridgehead atoms. The van der Waals surface area contributed by atoms with E-state index >= 15 is 0 Å². The van der Waals surface area contributed by atoms with Crippen LogP contribution in [0.4, 0.5) is 0 Å². The minimum absolute atomic E-state index is 0.0124. The Balaban J connectivity index is 1.71. The largest absolute Gasteiger partial charge is 0.374 e. The zero-order valence-electron chi connectivity index (χ0n) is 18.7. The third-order valence-electron chi connectivity index (χ3n) is 4.45. The van der Waals surface area contributed by atoms with Crippen molar-refractivity contribution in [2.45, 2.75) is 39.3 Å². The molecule has 4 nitrogen and oxygen atoms in total. The molecule has 2 rings (SSSR count). The minimum Gasteiger partial charge on any atom is -0.374 e. The lowest BCUT2D eigenvalue weighted by Crippen LogP contribution is -2.29. The number of thioether (sulfide) groups is 2. The van der Waals surface area contributed by atoms with E-state index in [1.54, 1.807) is 0 Å². The van der Waals surface area contributed by atoms with E-state index in [-0.39, 0.29) is 19.0 Å². The molecule has 0 radical (unpaired) electrons. The number of hydrogen-bond donors (Lipinski definition) is 0. The predicted octanol–water partition coefficient (Wildman–Crippen LogP) is 5.65. The van der Waals surface area contributed by atoms with Gasteiger partial charge in [-0.05, 0) is 22.6 Å². The maximum atomic E-state index is 6.02. The van der Waals surface area contributed by atoms with E-state index in [0.29, 0.717) is 26.4 Å². The molecule has 2 aromatic carbocycles. The zero-order chi connectivity index (χ0) is 22.0. The monoisotopic (exact) mass is 464 g/mol. The second-order valence-electron chi connectivity index (χ2n) is 7.02. The zero-order valence-corrected chi connectivity index (χ0v) is 20.4. The lowest BCUT2D eigenvalue weighted by molar-refractivity contribution is -0.136. The topological polar surface area (TPSA) is 36.9 Å². The fourth-order valence-electron chi connectivity index (χ4n) is 2.78. The fourth-order valence-corrected chi connectivity index (χ4v) is 4.17. The molecule has 31 heavy (non-hydrogen) atoms. The molecule has 172 valence electrons. The Morgan fingerprint density at radius 1 is 0.645 bits per heavy atom. The second kappa shape index (κ2) is 17.5. The van der Waals surface area contributed by atoms with Crippen LogP contribution in [0, 0.1) is 0 Å². The van der Waals surface area contributed by atoms with Crippen LogP contribution in [0.25, 0.3) is 0 Å². The van der Waals surface area contributed by atoms with E-state index in [1.807, 2.05) is 59.9 Å². The Hall–Kier alpha value is -1.02. The summed E-state index contributed by atoms with van der Waals surface area (Å²) >= 11 is 3.71. The molecule has 2 atom stereocenters. The summed E-state index contributed by atoms with van der Waals surface area (Å²) in [6.45, 7) is 6.89. The summed E-state index contributed by atoms with van der Waals surface area (Å²) < 4.78 is 23.8. The van der Waals surface area contributed by atoms with Crippen molar-refractivity contribution in [2.75, 3.05) is 43.0 Å². The first-order valence-electron chi connectivity index (χ1n) is 10.9. The van der Waals surface area contributed by atoms with Gasteiger partial charge in [0.25, 0.3) is 0 Å². The van der Waals surface area contributed by atoms with Crippen LogP contribution in [-0.4, -0.2) is 55.2 Å². The molecular formula is C25H36O4S2. The van der Waals surface area contributed by atoms with Crippen LogP contribution in [0.15, 0.2) is 60.7 Å². The molecule has 0 saturated carbocycles. The van der Waals surface area contributed by atoms with Gasteiger partial charge < -0.3 is 18.9 Å². The van der Waals surface area contributed by atoms with Gasteiger partial charge in [-0.2, -0.15) is 23.5 Å². The molecule has 0 spiro atoms. The Labute approximate surface area is 196 Å². The summed E-state index contributed by atoms with van der Waals surface area (Å²) in [5.41, 5.74) is 2.35. The van der Waals surface area contributed by atoms with Crippen LogP contribution in [0.5, 0.6) is 0 Å². The van der Waals surface area contributed by atoms with E-state index < -0.39 is 0 Å². The summed E-state index contributed by atoms with van der Waals surface area (Å²) in [7, 11) is 0. The summed E-state index contributed by atoms with van der Waals surface area (Å²) in [4.78, 5) is 0. The quantitative estimate of drug-likeness (QED) is 0.265. The van der Waals surface area contributed by atoms with Crippen molar-refractivity contribution < 1.29 is 18.9 Å². The SMILES string of the molecule is CCSCC(COCc1ccccc1)OCOC(COCc1ccccc1)CSCC. The van der Waals surface area contributed by atoms with Crippen LogP contribution in [0.1, 0.15) is 25.0 Å². The van der Waals surface area contributed by atoms with Crippen molar-refractivity contribution in [2.24, 2.45) is 0 Å². The molecular weight excluding hydrogens is 428 g/mol. The smallest absolute Gasteiger partial charge is 0.147 e. The lowest BCUT2D eigenvalue weighted by Gasteiger charge is -2.21. The van der Waals surface area contributed by atoms with E-state index in [9.17, 15) is 0 Å². The molecule has 0 aliphatic carbocycles. The summed E-state index contributed by atoms with van der Waals surface area (Å²) in [5.74, 6) is 3.91. The van der Waals surface area contributed by atoms with Crippen LogP contribution in [0.2, 0.25) is 0 Å². The Morgan fingerprint density at radius 2 is 1.06 bits per heavy atom. The molecule has 6 heteroatoms. The Morgan fingerprint density at radius 3 is 1.45 bits per heavy atom. The molecule has 0 aliphatic rings. The normalized spacial score (nSPS) is 13.2. The van der Waals surface area contributed by atoms with Crippen molar-refractivity contribution in [3.63, 3.8) is 0 Å². The predicted molar refractivity (Wildman–Crippen MR) is 133 cm³/mol. The van der Waals surface area contributed by atoms with E-state index in [2.05, 4.69) is 38.1 Å². The minimum atomic E-state index is 0.0124. The highest BCUT2D eigenvalue weighted by molar-refractivity contribution is 7.99. The number of benzene rings is 2. The van der Waals surface area contributed by atoms with Crippen LogP contribution in [-0.2, 0) is 32.2 Å². The van der Waals surface area contributed by atoms with Crippen molar-refractivity contribution in [3.05, 3.63) is 71.8 Å². The fraction of sp³-hybridized carbons (Fsp3) is 0.520. The molecule has 0 aromatic heterocycles. The summed E-state index contributed by atoms with van der Waals surface area (Å²) in [5, 5.41) is 0. The van der Waals surface area contributed by atoms with Gasteiger partial charge in [-0.1, -0.05) is 74.5 Å². The van der Waals surface area contributed by atoms with E-state index in [4.69, 9.17) is 18.9 Å². The van der Waals surface area contributed by atoms with Crippen LogP contribution >= 0.6 is 23.5 Å². The van der Waals surface area contributed by atoms with Crippen LogP contribution < -0.4 is 0 Å². The summed E-state index contributed by atoms with van der Waals surface area (Å²) in [6, 6.07) is 20.4. The van der Waals surface area contributed by atoms with Gasteiger partial charge in [0.2, 0.25) is 0 Å². The third-order valence-corrected chi connectivity index (χ3v) is 6.49. The van der Waals surface area contributed by atoms with Crippen molar-refractivity contribution in [1.29, 1.82) is 0 Å². The van der Waals surface area contributed by atoms with Gasteiger partial charge >= 0.3 is 0 Å². The van der Waals surface area contributed by atoms with E-state index in [1.165, 1.54) is 11.1 Å². The molecule has 0 N–H and O–H groups in total. The Bertz CT molecular complexity index is 600. The molecule has 2 unspecified atom stereocenters. The van der Waals surface area contributed by atoms with Gasteiger partial charge in [-0.3, -0.25) is 0 Å². The number of hydrogen-bond acceptors (Lipinski definition) is 6. The first-order chi connectivity index (χ1) is 15.3. The molecule has 0 fully saturated rings. The molecule has 0 saturated heterocycles. The standard InChI is InChI=1S/C25H36O4S2/c1-3-30-19-24(17-26-15-22-11-7-5-8-12-22)28-21-29-25(20-31-4-2)18-27-16-23-13-9-6-10-14-23/h5-14,24-25H,3-4,15-21H2,1-2H3. The van der Waals surface area contributed by atoms with Gasteiger partial charge in [-0.15, -0.1) is 0 Å². The highest BCUT2D eigenvalue weighted by Crippen LogP contribution is 2.11. The second-order valence-corrected chi connectivity index (χ2v) is 9.65. The van der Waals surface area contributed by atoms with Gasteiger partial charge in [0.05, 0.1) is 38.6 Å². The molecule has 2 aromatic rings. The highest BCUT2D eigenvalue weighted by atomic mass is 32.2. The van der Waals surface area contributed by atoms with Crippen molar-refractivity contribution >= 4 is 23.5 Å². The van der Waals surface area contributed by atoms with Crippen molar-refractivity contribution in [3.8, 4) is 0 Å². The van der Waals surface area contributed by atoms with Gasteiger partial charge in [-0.25, -0.2) is 0 Å². The average molecular weight is 465 g/mol. The molecule has 0 aliphatic heterocycles.